The predicted molar refractivity (Wildman–Crippen MR) is 360 cm³/mol. The normalized spacial score (nSPS) is 12.7. The molecule has 0 aliphatic heterocycles. The minimum Gasteiger partial charge on any atom is -0.355 e. The van der Waals surface area contributed by atoms with Gasteiger partial charge in [0.25, 0.3) is 0 Å². The van der Waals surface area contributed by atoms with Crippen molar-refractivity contribution in [1.29, 1.82) is 0 Å². The quantitative estimate of drug-likeness (QED) is 0.0208. The molecule has 2 unspecified atom stereocenters. The molecule has 486 valence electrons. The summed E-state index contributed by atoms with van der Waals surface area (Å²) in [5.41, 5.74) is 17.3. The highest BCUT2D eigenvalue weighted by Gasteiger charge is 2.19. The van der Waals surface area contributed by atoms with Crippen LogP contribution >= 0.6 is 0 Å². The molecule has 13 heteroatoms. The number of amides is 2. The van der Waals surface area contributed by atoms with Crippen LogP contribution in [-0.4, -0.2) is 145 Å². The Labute approximate surface area is 509 Å². The van der Waals surface area contributed by atoms with Gasteiger partial charge >= 0.3 is 0 Å². The van der Waals surface area contributed by atoms with Gasteiger partial charge in [0.2, 0.25) is 11.8 Å². The Morgan fingerprint density at radius 3 is 0.951 bits per heavy atom. The Morgan fingerprint density at radius 1 is 0.317 bits per heavy atom. The molecule has 0 aliphatic rings. The molecule has 0 bridgehead atoms. The van der Waals surface area contributed by atoms with Crippen molar-refractivity contribution >= 4 is 11.8 Å². The van der Waals surface area contributed by atoms with Crippen LogP contribution in [-0.2, 0) is 9.59 Å². The van der Waals surface area contributed by atoms with E-state index in [1.165, 1.54) is 205 Å². The molecule has 0 aliphatic carbocycles. The van der Waals surface area contributed by atoms with Crippen LogP contribution in [0.5, 0.6) is 0 Å². The van der Waals surface area contributed by atoms with Gasteiger partial charge in [-0.15, -0.1) is 0 Å². The summed E-state index contributed by atoms with van der Waals surface area (Å²) in [7, 11) is 0. The standard InChI is InChI=1S/C69H143N11O2/c1-4-7-10-12-14-16-18-20-22-24-26-28-30-32-34-36-60-79(64-45-58-77-68(81)66(75-56-43-50-71)47-40-53-73-52-9-6-3)62-38-39-63-80(61-37-35-33-31-29-27-25-23-21-19-17-15-13-11-8-5-2)65-46-59-78-69(82)67(76-57-44-51-72)48-41-54-74-55-42-49-70/h20-23,66-67,73-76H,4-19,24-65,70-72H2,1-3H3,(H,77,81)(H,78,82). The lowest BCUT2D eigenvalue weighted by Crippen LogP contribution is -2.45. The fourth-order valence-corrected chi connectivity index (χ4v) is 10.8. The van der Waals surface area contributed by atoms with Crippen molar-refractivity contribution in [2.24, 2.45) is 17.2 Å². The van der Waals surface area contributed by atoms with Crippen molar-refractivity contribution in [3.8, 4) is 0 Å². The van der Waals surface area contributed by atoms with E-state index in [4.69, 9.17) is 17.2 Å². The van der Waals surface area contributed by atoms with Gasteiger partial charge in [-0.05, 0) is 239 Å². The Balaban J connectivity index is 5.46. The molecule has 0 saturated heterocycles. The summed E-state index contributed by atoms with van der Waals surface area (Å²) in [6, 6.07) is -0.359. The third-order valence-electron chi connectivity index (χ3n) is 16.2. The van der Waals surface area contributed by atoms with Gasteiger partial charge in [0.1, 0.15) is 0 Å². The highest BCUT2D eigenvalue weighted by atomic mass is 16.2. The average Bonchev–Trinajstić information content (AvgIpc) is 3.48. The first-order chi connectivity index (χ1) is 40.5. The van der Waals surface area contributed by atoms with E-state index < -0.39 is 0 Å². The monoisotopic (exact) mass is 1160 g/mol. The van der Waals surface area contributed by atoms with Gasteiger partial charge in [0.15, 0.2) is 0 Å². The van der Waals surface area contributed by atoms with Crippen molar-refractivity contribution in [1.82, 2.24) is 41.7 Å². The zero-order chi connectivity index (χ0) is 59.5. The van der Waals surface area contributed by atoms with E-state index in [9.17, 15) is 9.59 Å². The lowest BCUT2D eigenvalue weighted by atomic mass is 10.1. The third-order valence-corrected chi connectivity index (χ3v) is 16.2. The molecule has 0 fully saturated rings. The van der Waals surface area contributed by atoms with E-state index in [1.54, 1.807) is 0 Å². The summed E-state index contributed by atoms with van der Waals surface area (Å²) in [4.78, 5) is 32.3. The maximum atomic E-state index is 13.5. The van der Waals surface area contributed by atoms with E-state index >= 15 is 0 Å². The van der Waals surface area contributed by atoms with E-state index in [0.717, 1.165) is 136 Å². The molecular formula is C69H143N11O2. The molecule has 0 aromatic heterocycles. The van der Waals surface area contributed by atoms with Crippen molar-refractivity contribution in [2.75, 3.05) is 111 Å². The second-order valence-electron chi connectivity index (χ2n) is 24.1. The number of nitrogens with two attached hydrogens (primary N) is 3. The molecule has 0 rings (SSSR count). The van der Waals surface area contributed by atoms with Crippen molar-refractivity contribution < 1.29 is 9.59 Å². The Bertz CT molecular complexity index is 1240. The lowest BCUT2D eigenvalue weighted by molar-refractivity contribution is -0.124. The van der Waals surface area contributed by atoms with Crippen LogP contribution in [0.1, 0.15) is 284 Å². The highest BCUT2D eigenvalue weighted by Crippen LogP contribution is 2.14. The largest absolute Gasteiger partial charge is 0.355 e. The zero-order valence-corrected chi connectivity index (χ0v) is 54.9. The summed E-state index contributed by atoms with van der Waals surface area (Å²) in [6.45, 7) is 22.0. The topological polar surface area (TPSA) is 191 Å². The van der Waals surface area contributed by atoms with Gasteiger partial charge in [0.05, 0.1) is 12.1 Å². The van der Waals surface area contributed by atoms with Crippen LogP contribution < -0.4 is 49.1 Å². The minimum atomic E-state index is -0.191. The molecular weight excluding hydrogens is 1010 g/mol. The highest BCUT2D eigenvalue weighted by molar-refractivity contribution is 5.82. The maximum absolute atomic E-state index is 13.5. The Kier molecular flexibility index (Phi) is 66.6. The first kappa shape index (κ1) is 80.1. The number of nitrogens with zero attached hydrogens (tertiary/aromatic N) is 2. The first-order valence-corrected chi connectivity index (χ1v) is 35.8. The molecule has 12 N–H and O–H groups in total. The van der Waals surface area contributed by atoms with Crippen LogP contribution in [0.2, 0.25) is 0 Å². The van der Waals surface area contributed by atoms with Crippen LogP contribution in [0.25, 0.3) is 0 Å². The summed E-state index contributed by atoms with van der Waals surface area (Å²) < 4.78 is 0. The van der Waals surface area contributed by atoms with Gasteiger partial charge in [0, 0.05) is 13.1 Å². The van der Waals surface area contributed by atoms with Crippen LogP contribution in [0, 0.1) is 0 Å². The Hall–Kier alpha value is -1.94. The molecule has 0 aromatic carbocycles. The second-order valence-corrected chi connectivity index (χ2v) is 24.1. The molecule has 2 amide bonds. The second kappa shape index (κ2) is 68.2. The van der Waals surface area contributed by atoms with Crippen LogP contribution in [0.4, 0.5) is 0 Å². The predicted octanol–water partition coefficient (Wildman–Crippen LogP) is 13.0. The van der Waals surface area contributed by atoms with Gasteiger partial charge in [-0.3, -0.25) is 9.59 Å². The van der Waals surface area contributed by atoms with Gasteiger partial charge in [-0.1, -0.05) is 167 Å². The van der Waals surface area contributed by atoms with E-state index in [0.29, 0.717) is 32.7 Å². The van der Waals surface area contributed by atoms with E-state index in [1.807, 2.05) is 0 Å². The number of hydrogen-bond acceptors (Lipinski definition) is 11. The average molecular weight is 1160 g/mol. The third kappa shape index (κ3) is 58.4. The Morgan fingerprint density at radius 2 is 0.598 bits per heavy atom. The molecule has 0 saturated carbocycles. The number of unbranched alkanes of at least 4 members (excludes halogenated alkanes) is 26. The number of carbonyl (C=O) groups excluding carboxylic acids is 2. The summed E-state index contributed by atoms with van der Waals surface area (Å²) in [5, 5.41) is 20.6. The number of hydrogen-bond donors (Lipinski definition) is 9. The van der Waals surface area contributed by atoms with Crippen molar-refractivity contribution in [3.63, 3.8) is 0 Å². The molecule has 0 heterocycles. The molecule has 0 aromatic rings. The number of nitrogens with one attached hydrogen (secondary N) is 6. The number of allylic oxidation sites excluding steroid dienone is 4. The van der Waals surface area contributed by atoms with Crippen LogP contribution in [0.3, 0.4) is 0 Å². The number of rotatable bonds is 69. The van der Waals surface area contributed by atoms with Crippen LogP contribution in [0.15, 0.2) is 24.3 Å². The molecule has 82 heavy (non-hydrogen) atoms. The SMILES string of the molecule is CCCCCCCCC=CCCCCCCCCN(CCCCN(CCCCCCCCC=CCCCCCCCC)CCCNC(=O)C(CCCNCCCN)NCCCN)CCCNC(=O)C(CCCNCCCC)NCCCN. The minimum absolute atomic E-state index is 0.116. The van der Waals surface area contributed by atoms with E-state index in [2.05, 4.69) is 86.8 Å². The molecule has 0 spiro atoms. The van der Waals surface area contributed by atoms with Gasteiger partial charge in [-0.25, -0.2) is 0 Å². The van der Waals surface area contributed by atoms with E-state index in [-0.39, 0.29) is 23.9 Å². The lowest BCUT2D eigenvalue weighted by Gasteiger charge is -2.25. The molecule has 13 nitrogen and oxygen atoms in total. The fourth-order valence-electron chi connectivity index (χ4n) is 10.8. The number of carbonyl (C=O) groups is 2. The summed E-state index contributed by atoms with van der Waals surface area (Å²) in [6.07, 6.45) is 59.8. The van der Waals surface area contributed by atoms with Crippen molar-refractivity contribution in [3.05, 3.63) is 24.3 Å². The summed E-state index contributed by atoms with van der Waals surface area (Å²) >= 11 is 0. The van der Waals surface area contributed by atoms with Crippen molar-refractivity contribution in [2.45, 2.75) is 296 Å². The molecule has 0 radical (unpaired) electrons. The van der Waals surface area contributed by atoms with Gasteiger partial charge < -0.3 is 58.9 Å². The summed E-state index contributed by atoms with van der Waals surface area (Å²) in [5.74, 6) is 0.248. The smallest absolute Gasteiger partial charge is 0.237 e. The first-order valence-electron chi connectivity index (χ1n) is 35.8. The fraction of sp³-hybridized carbons (Fsp3) is 0.913. The maximum Gasteiger partial charge on any atom is 0.237 e. The van der Waals surface area contributed by atoms with Gasteiger partial charge in [-0.2, -0.15) is 0 Å². The molecule has 2 atom stereocenters. The zero-order valence-electron chi connectivity index (χ0n) is 54.9.